The summed E-state index contributed by atoms with van der Waals surface area (Å²) in [7, 11) is 1.35. The zero-order valence-corrected chi connectivity index (χ0v) is 13.0. The topological polar surface area (TPSA) is 61.3 Å². The van der Waals surface area contributed by atoms with Crippen molar-refractivity contribution in [2.24, 2.45) is 0 Å². The van der Waals surface area contributed by atoms with Gasteiger partial charge < -0.3 is 9.47 Å². The minimum absolute atomic E-state index is 0.286. The normalized spacial score (nSPS) is 10.6. The van der Waals surface area contributed by atoms with E-state index in [0.717, 1.165) is 16.2 Å². The van der Waals surface area contributed by atoms with Gasteiger partial charge in [-0.2, -0.15) is 0 Å². The van der Waals surface area contributed by atoms with E-state index >= 15 is 0 Å². The monoisotopic (exact) mass is 314 g/mol. The fraction of sp³-hybridized carbons (Fsp3) is 0.188. The van der Waals surface area contributed by atoms with Crippen molar-refractivity contribution in [3.8, 4) is 5.75 Å². The molecule has 112 valence electrons. The minimum Gasteiger partial charge on any atom is -0.485 e. The molecular weight excluding hydrogens is 300 g/mol. The molecule has 6 heteroatoms. The predicted octanol–water partition coefficient (Wildman–Crippen LogP) is 3.37. The summed E-state index contributed by atoms with van der Waals surface area (Å²) in [5.74, 6) is -0.0424. The Balaban J connectivity index is 1.99. The van der Waals surface area contributed by atoms with Crippen LogP contribution in [0.1, 0.15) is 21.1 Å². The molecule has 1 aromatic carbocycles. The van der Waals surface area contributed by atoms with Gasteiger partial charge in [0.05, 0.1) is 29.5 Å². The van der Waals surface area contributed by atoms with Crippen LogP contribution in [0, 0.1) is 6.92 Å². The third kappa shape index (κ3) is 2.78. The third-order valence-corrected chi connectivity index (χ3v) is 3.99. The van der Waals surface area contributed by atoms with Gasteiger partial charge in [0, 0.05) is 10.8 Å². The van der Waals surface area contributed by atoms with Crippen LogP contribution < -0.4 is 4.74 Å². The van der Waals surface area contributed by atoms with Crippen molar-refractivity contribution < 1.29 is 14.3 Å². The van der Waals surface area contributed by atoms with Crippen molar-refractivity contribution in [3.63, 3.8) is 0 Å². The Morgan fingerprint density at radius 1 is 1.32 bits per heavy atom. The summed E-state index contributed by atoms with van der Waals surface area (Å²) in [6.45, 7) is 2.22. The number of thiazole rings is 1. The summed E-state index contributed by atoms with van der Waals surface area (Å²) in [6, 6.07) is 7.39. The van der Waals surface area contributed by atoms with E-state index in [1.165, 1.54) is 7.11 Å². The van der Waals surface area contributed by atoms with Crippen LogP contribution in [0.15, 0.2) is 35.8 Å². The van der Waals surface area contributed by atoms with Crippen LogP contribution in [0.2, 0.25) is 0 Å². The average molecular weight is 314 g/mol. The highest BCUT2D eigenvalue weighted by Gasteiger charge is 2.18. The second kappa shape index (κ2) is 6.11. The van der Waals surface area contributed by atoms with Gasteiger partial charge in [0.25, 0.3) is 0 Å². The Kier molecular flexibility index (Phi) is 4.02. The number of methoxy groups -OCH3 is 1. The molecule has 3 aromatic rings. The second-order valence-corrected chi connectivity index (χ2v) is 5.71. The summed E-state index contributed by atoms with van der Waals surface area (Å²) in [5, 5.41) is 3.62. The number of carbonyl (C=O) groups is 1. The van der Waals surface area contributed by atoms with Crippen molar-refractivity contribution >= 4 is 28.2 Å². The van der Waals surface area contributed by atoms with E-state index in [4.69, 9.17) is 9.47 Å². The van der Waals surface area contributed by atoms with Gasteiger partial charge in [-0.15, -0.1) is 11.3 Å². The van der Waals surface area contributed by atoms with Crippen molar-refractivity contribution in [3.05, 3.63) is 52.1 Å². The molecule has 0 aliphatic carbocycles. The van der Waals surface area contributed by atoms with Gasteiger partial charge in [0.1, 0.15) is 12.2 Å². The van der Waals surface area contributed by atoms with Crippen LogP contribution in [0.4, 0.5) is 0 Å². The lowest BCUT2D eigenvalue weighted by molar-refractivity contribution is 0.0597. The second-order valence-electron chi connectivity index (χ2n) is 4.65. The number of aryl methyl sites for hydroxylation is 1. The number of aromatic nitrogens is 2. The summed E-state index contributed by atoms with van der Waals surface area (Å²) in [4.78, 5) is 20.8. The maximum Gasteiger partial charge on any atom is 0.342 e. The first-order valence-corrected chi connectivity index (χ1v) is 7.57. The number of para-hydroxylation sites is 1. The molecule has 0 saturated carbocycles. The number of nitrogens with zero attached hydrogens (tertiary/aromatic N) is 2. The average Bonchev–Trinajstić information content (AvgIpc) is 2.97. The standard InChI is InChI=1S/C16H14N2O3S/c1-10-18-11(9-22-10)8-21-14-7-17-13-6-4-3-5-12(13)15(14)16(19)20-2/h3-7,9H,8H2,1-2H3. The molecule has 0 amide bonds. The van der Waals surface area contributed by atoms with E-state index in [-0.39, 0.29) is 6.61 Å². The molecule has 0 saturated heterocycles. The Bertz CT molecular complexity index is 829. The lowest BCUT2D eigenvalue weighted by atomic mass is 10.1. The van der Waals surface area contributed by atoms with E-state index in [0.29, 0.717) is 16.7 Å². The lowest BCUT2D eigenvalue weighted by Crippen LogP contribution is -2.07. The van der Waals surface area contributed by atoms with Gasteiger partial charge in [-0.3, -0.25) is 4.98 Å². The molecule has 0 aliphatic heterocycles. The first-order chi connectivity index (χ1) is 10.7. The first-order valence-electron chi connectivity index (χ1n) is 6.69. The molecule has 0 unspecified atom stereocenters. The third-order valence-electron chi connectivity index (χ3n) is 3.17. The van der Waals surface area contributed by atoms with Crippen LogP contribution in [-0.4, -0.2) is 23.0 Å². The molecule has 2 heterocycles. The van der Waals surface area contributed by atoms with Gasteiger partial charge >= 0.3 is 5.97 Å². The van der Waals surface area contributed by atoms with Crippen LogP contribution in [0.25, 0.3) is 10.9 Å². The molecule has 0 N–H and O–H groups in total. The Labute approximate surface area is 131 Å². The van der Waals surface area contributed by atoms with E-state index in [1.54, 1.807) is 17.5 Å². The highest BCUT2D eigenvalue weighted by molar-refractivity contribution is 7.09. The van der Waals surface area contributed by atoms with E-state index in [2.05, 4.69) is 9.97 Å². The van der Waals surface area contributed by atoms with E-state index in [1.807, 2.05) is 36.6 Å². The number of ether oxygens (including phenoxy) is 2. The van der Waals surface area contributed by atoms with Gasteiger partial charge in [-0.05, 0) is 13.0 Å². The largest absolute Gasteiger partial charge is 0.485 e. The molecule has 5 nitrogen and oxygen atoms in total. The number of fused-ring (bicyclic) bond motifs is 1. The van der Waals surface area contributed by atoms with Crippen LogP contribution in [0.5, 0.6) is 5.75 Å². The maximum absolute atomic E-state index is 12.1. The number of esters is 1. The smallest absolute Gasteiger partial charge is 0.342 e. The Morgan fingerprint density at radius 3 is 2.86 bits per heavy atom. The Morgan fingerprint density at radius 2 is 2.14 bits per heavy atom. The van der Waals surface area contributed by atoms with Gasteiger partial charge in [-0.25, -0.2) is 9.78 Å². The van der Waals surface area contributed by atoms with E-state index in [9.17, 15) is 4.79 Å². The van der Waals surface area contributed by atoms with Crippen LogP contribution >= 0.6 is 11.3 Å². The number of carbonyl (C=O) groups excluding carboxylic acids is 1. The molecule has 22 heavy (non-hydrogen) atoms. The number of benzene rings is 1. The molecule has 0 radical (unpaired) electrons. The zero-order valence-electron chi connectivity index (χ0n) is 12.2. The molecule has 0 atom stereocenters. The SMILES string of the molecule is COC(=O)c1c(OCc2csc(C)n2)cnc2ccccc12. The summed E-state index contributed by atoms with van der Waals surface area (Å²) < 4.78 is 10.6. The number of hydrogen-bond acceptors (Lipinski definition) is 6. The number of hydrogen-bond donors (Lipinski definition) is 0. The van der Waals surface area contributed by atoms with Gasteiger partial charge in [-0.1, -0.05) is 18.2 Å². The maximum atomic E-state index is 12.1. The Hall–Kier alpha value is -2.47. The molecule has 2 aromatic heterocycles. The van der Waals surface area contributed by atoms with Gasteiger partial charge in [0.2, 0.25) is 0 Å². The first kappa shape index (κ1) is 14.5. The summed E-state index contributed by atoms with van der Waals surface area (Å²) in [6.07, 6.45) is 1.55. The molecule has 0 aliphatic rings. The minimum atomic E-state index is -0.442. The number of pyridine rings is 1. The summed E-state index contributed by atoms with van der Waals surface area (Å²) >= 11 is 1.56. The van der Waals surface area contributed by atoms with Crippen LogP contribution in [-0.2, 0) is 11.3 Å². The highest BCUT2D eigenvalue weighted by Crippen LogP contribution is 2.27. The fourth-order valence-corrected chi connectivity index (χ4v) is 2.77. The van der Waals surface area contributed by atoms with Crippen molar-refractivity contribution in [2.45, 2.75) is 13.5 Å². The van der Waals surface area contributed by atoms with Crippen molar-refractivity contribution in [1.82, 2.24) is 9.97 Å². The molecule has 0 fully saturated rings. The quantitative estimate of drug-likeness (QED) is 0.691. The van der Waals surface area contributed by atoms with Gasteiger partial charge in [0.15, 0.2) is 5.75 Å². The molecular formula is C16H14N2O3S. The zero-order chi connectivity index (χ0) is 15.5. The summed E-state index contributed by atoms with van der Waals surface area (Å²) in [5.41, 5.74) is 1.94. The van der Waals surface area contributed by atoms with Crippen molar-refractivity contribution in [1.29, 1.82) is 0 Å². The lowest BCUT2D eigenvalue weighted by Gasteiger charge is -2.11. The molecule has 3 rings (SSSR count). The molecule has 0 bridgehead atoms. The van der Waals surface area contributed by atoms with E-state index < -0.39 is 5.97 Å². The highest BCUT2D eigenvalue weighted by atomic mass is 32.1. The fourth-order valence-electron chi connectivity index (χ4n) is 2.17. The number of rotatable bonds is 4. The molecule has 0 spiro atoms. The predicted molar refractivity (Wildman–Crippen MR) is 84.3 cm³/mol. The van der Waals surface area contributed by atoms with Crippen LogP contribution in [0.3, 0.4) is 0 Å². The van der Waals surface area contributed by atoms with Crippen molar-refractivity contribution in [2.75, 3.05) is 7.11 Å².